The van der Waals surface area contributed by atoms with E-state index in [4.69, 9.17) is 21.4 Å². The predicted octanol–water partition coefficient (Wildman–Crippen LogP) is 5.18. The number of benzene rings is 2. The lowest BCUT2D eigenvalue weighted by atomic mass is 9.92. The highest BCUT2D eigenvalue weighted by Gasteiger charge is 2.37. The number of halogens is 4. The number of alkyl halides is 3. The van der Waals surface area contributed by atoms with E-state index in [1.807, 2.05) is 29.2 Å². The molecule has 1 aliphatic heterocycles. The summed E-state index contributed by atoms with van der Waals surface area (Å²) >= 11 is 7.20. The maximum atomic E-state index is 13.3. The molecule has 3 heterocycles. The van der Waals surface area contributed by atoms with Gasteiger partial charge in [-0.2, -0.15) is 13.2 Å². The van der Waals surface area contributed by atoms with Crippen molar-refractivity contribution in [2.75, 3.05) is 24.7 Å². The summed E-state index contributed by atoms with van der Waals surface area (Å²) in [6.07, 6.45) is -4.88. The molecule has 2 atom stereocenters. The number of hydrogen-bond donors (Lipinski definition) is 3. The monoisotopic (exact) mass is 523 g/mol. The van der Waals surface area contributed by atoms with E-state index >= 15 is 0 Å². The number of hydrogen-bond acceptors (Lipinski definition) is 6. The average molecular weight is 524 g/mol. The van der Waals surface area contributed by atoms with E-state index in [0.717, 1.165) is 44.4 Å². The van der Waals surface area contributed by atoms with Gasteiger partial charge in [-0.3, -0.25) is 0 Å². The number of H-pyrrole nitrogens is 1. The number of nitrogens with zero attached hydrogens (tertiary/aromatic N) is 2. The lowest BCUT2D eigenvalue weighted by Gasteiger charge is -2.36. The van der Waals surface area contributed by atoms with Crippen molar-refractivity contribution in [3.8, 4) is 5.75 Å². The van der Waals surface area contributed by atoms with Crippen molar-refractivity contribution in [2.45, 2.75) is 24.7 Å². The quantitative estimate of drug-likeness (QED) is 0.324. The van der Waals surface area contributed by atoms with Crippen molar-refractivity contribution in [2.24, 2.45) is 0 Å². The van der Waals surface area contributed by atoms with E-state index in [9.17, 15) is 18.3 Å². The molecule has 0 fully saturated rings. The molecule has 0 saturated heterocycles. The summed E-state index contributed by atoms with van der Waals surface area (Å²) in [4.78, 5) is 9.24. The van der Waals surface area contributed by atoms with E-state index in [1.165, 1.54) is 0 Å². The number of anilines is 1. The van der Waals surface area contributed by atoms with Crippen LogP contribution in [0.1, 0.15) is 28.6 Å². The van der Waals surface area contributed by atoms with Gasteiger partial charge in [-0.15, -0.1) is 11.3 Å². The summed E-state index contributed by atoms with van der Waals surface area (Å²) in [5.41, 5.74) is 2.78. The van der Waals surface area contributed by atoms with Gasteiger partial charge in [-0.05, 0) is 47.9 Å². The van der Waals surface area contributed by atoms with Crippen molar-refractivity contribution in [1.82, 2.24) is 9.97 Å². The van der Waals surface area contributed by atoms with Crippen LogP contribution in [0.5, 0.6) is 5.75 Å². The molecule has 0 unspecified atom stereocenters. The summed E-state index contributed by atoms with van der Waals surface area (Å²) in [5, 5.41) is 21.4. The zero-order chi connectivity index (χ0) is 24.7. The molecule has 184 valence electrons. The largest absolute Gasteiger partial charge is 0.491 e. The fourth-order valence-corrected chi connectivity index (χ4v) is 5.39. The van der Waals surface area contributed by atoms with Crippen molar-refractivity contribution < 1.29 is 28.1 Å². The first kappa shape index (κ1) is 23.9. The standard InChI is InChI=1S/C24H21ClF3N3O3S/c25-14-3-6-19-18(9-14)17-7-8-31(23-30-20(12-35-23)24(26,27)28)22(21(17)29-19)13-1-4-16(5-2-13)34-11-15(33)10-32/h1-6,9,12,15,22,29,32-33H,7-8,10-11H2/t15-,22+/m1/s1. The Morgan fingerprint density at radius 3 is 2.69 bits per heavy atom. The third-order valence-electron chi connectivity index (χ3n) is 5.97. The van der Waals surface area contributed by atoms with Gasteiger partial charge in [-0.1, -0.05) is 23.7 Å². The molecule has 6 nitrogen and oxygen atoms in total. The number of aliphatic hydroxyl groups is 2. The van der Waals surface area contributed by atoms with E-state index in [1.54, 1.807) is 18.2 Å². The molecule has 5 rings (SSSR count). The van der Waals surface area contributed by atoms with E-state index in [2.05, 4.69) is 9.97 Å². The predicted molar refractivity (Wildman–Crippen MR) is 128 cm³/mol. The molecule has 0 amide bonds. The average Bonchev–Trinajstić information content (AvgIpc) is 3.47. The third-order valence-corrected chi connectivity index (χ3v) is 7.08. The van der Waals surface area contributed by atoms with Gasteiger partial charge < -0.3 is 24.8 Å². The molecule has 0 saturated carbocycles. The molecule has 35 heavy (non-hydrogen) atoms. The van der Waals surface area contributed by atoms with Crippen molar-refractivity contribution in [1.29, 1.82) is 0 Å². The minimum atomic E-state index is -4.51. The Labute approximate surface area is 207 Å². The normalized spacial score (nSPS) is 17.0. The summed E-state index contributed by atoms with van der Waals surface area (Å²) in [6, 6.07) is 12.3. The van der Waals surface area contributed by atoms with E-state index < -0.39 is 30.6 Å². The molecule has 0 spiro atoms. The summed E-state index contributed by atoms with van der Waals surface area (Å²) in [5.74, 6) is 0.501. The lowest BCUT2D eigenvalue weighted by molar-refractivity contribution is -0.140. The van der Waals surface area contributed by atoms with Gasteiger partial charge >= 0.3 is 6.18 Å². The van der Waals surface area contributed by atoms with Gasteiger partial charge in [0, 0.05) is 33.5 Å². The van der Waals surface area contributed by atoms with Gasteiger partial charge in [0.15, 0.2) is 10.8 Å². The Kier molecular flexibility index (Phi) is 6.39. The van der Waals surface area contributed by atoms with Crippen LogP contribution < -0.4 is 9.64 Å². The smallest absolute Gasteiger partial charge is 0.434 e. The number of fused-ring (bicyclic) bond motifs is 3. The second kappa shape index (κ2) is 9.34. The van der Waals surface area contributed by atoms with Gasteiger partial charge in [0.1, 0.15) is 18.5 Å². The van der Waals surface area contributed by atoms with Crippen LogP contribution in [0.25, 0.3) is 10.9 Å². The van der Waals surface area contributed by atoms with Crippen molar-refractivity contribution in [3.05, 3.63) is 75.4 Å². The number of aliphatic hydroxyl groups excluding tert-OH is 2. The minimum absolute atomic E-state index is 0.0579. The Morgan fingerprint density at radius 1 is 1.23 bits per heavy atom. The molecule has 0 bridgehead atoms. The number of aromatic nitrogens is 2. The van der Waals surface area contributed by atoms with Gasteiger partial charge in [-0.25, -0.2) is 4.98 Å². The molecule has 11 heteroatoms. The fraction of sp³-hybridized carbons (Fsp3) is 0.292. The van der Waals surface area contributed by atoms with Crippen molar-refractivity contribution >= 4 is 39.0 Å². The molecular formula is C24H21ClF3N3O3S. The van der Waals surface area contributed by atoms with Crippen LogP contribution in [-0.2, 0) is 12.6 Å². The number of nitrogens with one attached hydrogen (secondary N) is 1. The Hall–Kier alpha value is -2.79. The number of ether oxygens (including phenoxy) is 1. The second-order valence-electron chi connectivity index (χ2n) is 8.28. The van der Waals surface area contributed by atoms with E-state index in [-0.39, 0.29) is 11.7 Å². The lowest BCUT2D eigenvalue weighted by Crippen LogP contribution is -2.36. The molecule has 0 radical (unpaired) electrons. The second-order valence-corrected chi connectivity index (χ2v) is 9.56. The van der Waals surface area contributed by atoms with Crippen molar-refractivity contribution in [3.63, 3.8) is 0 Å². The highest BCUT2D eigenvalue weighted by atomic mass is 35.5. The molecule has 2 aromatic heterocycles. The van der Waals surface area contributed by atoms with Gasteiger partial charge in [0.05, 0.1) is 12.6 Å². The third kappa shape index (κ3) is 4.71. The first-order valence-electron chi connectivity index (χ1n) is 10.9. The Morgan fingerprint density at radius 2 is 2.00 bits per heavy atom. The summed E-state index contributed by atoms with van der Waals surface area (Å²) in [7, 11) is 0. The Balaban J connectivity index is 1.56. The first-order chi connectivity index (χ1) is 16.7. The SMILES string of the molecule is OC[C@@H](O)COc1ccc([C@H]2c3[nH]c4ccc(Cl)cc4c3CCN2c2nc(C(F)(F)F)cs2)cc1. The van der Waals surface area contributed by atoms with Gasteiger partial charge in [0.25, 0.3) is 0 Å². The number of rotatable bonds is 6. The molecule has 0 aliphatic carbocycles. The fourth-order valence-electron chi connectivity index (χ4n) is 4.33. The maximum Gasteiger partial charge on any atom is 0.434 e. The zero-order valence-corrected chi connectivity index (χ0v) is 19.8. The topological polar surface area (TPSA) is 81.6 Å². The van der Waals surface area contributed by atoms with Crippen LogP contribution in [0.3, 0.4) is 0 Å². The first-order valence-corrected chi connectivity index (χ1v) is 12.1. The minimum Gasteiger partial charge on any atom is -0.491 e. The molecule has 1 aliphatic rings. The highest BCUT2D eigenvalue weighted by Crippen LogP contribution is 2.43. The summed E-state index contributed by atoms with van der Waals surface area (Å²) in [6.45, 7) is 0.0105. The zero-order valence-electron chi connectivity index (χ0n) is 18.2. The molecule has 4 aromatic rings. The van der Waals surface area contributed by atoms with Crippen LogP contribution in [0.4, 0.5) is 18.3 Å². The van der Waals surface area contributed by atoms with Crippen LogP contribution in [0, 0.1) is 0 Å². The number of thiazole rings is 1. The van der Waals surface area contributed by atoms with Gasteiger partial charge in [0.2, 0.25) is 0 Å². The van der Waals surface area contributed by atoms with Crippen LogP contribution in [-0.4, -0.2) is 46.0 Å². The summed E-state index contributed by atoms with van der Waals surface area (Å²) < 4.78 is 45.3. The molecule has 3 N–H and O–H groups in total. The van der Waals surface area contributed by atoms with E-state index in [0.29, 0.717) is 23.7 Å². The molecular weight excluding hydrogens is 503 g/mol. The maximum absolute atomic E-state index is 13.3. The van der Waals surface area contributed by atoms with Crippen LogP contribution >= 0.6 is 22.9 Å². The highest BCUT2D eigenvalue weighted by molar-refractivity contribution is 7.13. The number of aromatic amines is 1. The van der Waals surface area contributed by atoms with Crippen LogP contribution in [0.15, 0.2) is 47.8 Å². The molecule has 2 aromatic carbocycles. The van der Waals surface area contributed by atoms with Crippen LogP contribution in [0.2, 0.25) is 5.02 Å². The Bertz CT molecular complexity index is 1340.